The molecule has 4 rings (SSSR count). The van der Waals surface area contributed by atoms with E-state index in [0.29, 0.717) is 16.7 Å². The second-order valence-electron chi connectivity index (χ2n) is 8.21. The van der Waals surface area contributed by atoms with Crippen molar-refractivity contribution in [2.24, 2.45) is 0 Å². The van der Waals surface area contributed by atoms with Gasteiger partial charge in [-0.05, 0) is 44.0 Å². The number of hydrogen-bond acceptors (Lipinski definition) is 9. The van der Waals surface area contributed by atoms with Gasteiger partial charge in [0, 0.05) is 17.0 Å². The monoisotopic (exact) mass is 496 g/mol. The lowest BCUT2D eigenvalue weighted by molar-refractivity contribution is 0.102. The number of ether oxygens (including phenoxy) is 4. The van der Waals surface area contributed by atoms with Gasteiger partial charge in [0.15, 0.2) is 17.2 Å². The summed E-state index contributed by atoms with van der Waals surface area (Å²) in [4.78, 5) is 38.1. The molecule has 0 aliphatic heterocycles. The predicted molar refractivity (Wildman–Crippen MR) is 134 cm³/mol. The van der Waals surface area contributed by atoms with Crippen molar-refractivity contribution in [3.05, 3.63) is 52.4 Å². The zero-order chi connectivity index (χ0) is 25.7. The third kappa shape index (κ3) is 5.22. The summed E-state index contributed by atoms with van der Waals surface area (Å²) in [6.07, 6.45) is 3.19. The lowest BCUT2D eigenvalue weighted by atomic mass is 10.1. The summed E-state index contributed by atoms with van der Waals surface area (Å²) in [5.41, 5.74) is 0.381. The van der Waals surface area contributed by atoms with Crippen LogP contribution < -0.4 is 30.5 Å². The Labute approximate surface area is 207 Å². The molecule has 0 spiro atoms. The molecule has 3 aromatic rings. The van der Waals surface area contributed by atoms with Crippen LogP contribution in [0, 0.1) is 0 Å². The van der Waals surface area contributed by atoms with Crippen molar-refractivity contribution in [2.75, 3.05) is 31.5 Å². The van der Waals surface area contributed by atoms with Crippen LogP contribution in [0.4, 0.5) is 16.2 Å². The van der Waals surface area contributed by atoms with Crippen molar-refractivity contribution >= 4 is 34.4 Å². The number of methoxy groups -OCH3 is 2. The second-order valence-corrected chi connectivity index (χ2v) is 8.21. The van der Waals surface area contributed by atoms with E-state index in [1.54, 1.807) is 19.1 Å². The number of benzene rings is 2. The van der Waals surface area contributed by atoms with E-state index in [2.05, 4.69) is 10.6 Å². The first kappa shape index (κ1) is 24.9. The van der Waals surface area contributed by atoms with Gasteiger partial charge < -0.3 is 34.0 Å². The van der Waals surface area contributed by atoms with Gasteiger partial charge in [-0.1, -0.05) is 25.0 Å². The molecular weight excluding hydrogens is 468 g/mol. The molecule has 2 N–H and O–H groups in total. The first-order chi connectivity index (χ1) is 17.4. The highest BCUT2D eigenvalue weighted by Gasteiger charge is 2.24. The Morgan fingerprint density at radius 3 is 2.33 bits per heavy atom. The van der Waals surface area contributed by atoms with Crippen LogP contribution in [0.2, 0.25) is 0 Å². The molecule has 1 amide bonds. The Morgan fingerprint density at radius 2 is 1.69 bits per heavy atom. The highest BCUT2D eigenvalue weighted by molar-refractivity contribution is 6.09. The van der Waals surface area contributed by atoms with Crippen molar-refractivity contribution in [2.45, 2.75) is 38.6 Å². The van der Waals surface area contributed by atoms with Gasteiger partial charge in [-0.25, -0.2) is 9.59 Å². The molecule has 2 aromatic carbocycles. The number of amides is 1. The topological polar surface area (TPSA) is 125 Å². The highest BCUT2D eigenvalue weighted by atomic mass is 16.7. The SMILES string of the molecule is CCOC(=O)Oc1c(OC)cc(C(=O)Nc2c(NC3CCCC3)c3ccccc3oc2=O)cc1OC. The van der Waals surface area contributed by atoms with Crippen molar-refractivity contribution in [3.63, 3.8) is 0 Å². The molecule has 10 heteroatoms. The molecule has 1 fully saturated rings. The highest BCUT2D eigenvalue weighted by Crippen LogP contribution is 2.39. The van der Waals surface area contributed by atoms with E-state index >= 15 is 0 Å². The molecule has 0 atom stereocenters. The Kier molecular flexibility index (Phi) is 7.62. The minimum atomic E-state index is -0.942. The number of hydrogen-bond donors (Lipinski definition) is 2. The smallest absolute Gasteiger partial charge is 0.493 e. The molecule has 0 bridgehead atoms. The first-order valence-corrected chi connectivity index (χ1v) is 11.7. The fourth-order valence-corrected chi connectivity index (χ4v) is 4.22. The van der Waals surface area contributed by atoms with E-state index in [1.165, 1.54) is 26.4 Å². The van der Waals surface area contributed by atoms with Crippen LogP contribution >= 0.6 is 0 Å². The summed E-state index contributed by atoms with van der Waals surface area (Å²) in [7, 11) is 2.71. The molecule has 190 valence electrons. The van der Waals surface area contributed by atoms with Crippen LogP contribution in [0.25, 0.3) is 11.0 Å². The van der Waals surface area contributed by atoms with Crippen molar-refractivity contribution in [3.8, 4) is 17.2 Å². The summed E-state index contributed by atoms with van der Waals surface area (Å²) in [6, 6.07) is 10.1. The van der Waals surface area contributed by atoms with Crippen LogP contribution in [0.1, 0.15) is 43.0 Å². The number of para-hydroxylation sites is 1. The maximum Gasteiger partial charge on any atom is 0.514 e. The molecule has 1 aliphatic rings. The number of carbonyl (C=O) groups excluding carboxylic acids is 2. The zero-order valence-corrected chi connectivity index (χ0v) is 20.3. The van der Waals surface area contributed by atoms with Gasteiger partial charge in [-0.3, -0.25) is 4.79 Å². The van der Waals surface area contributed by atoms with Crippen LogP contribution in [0.15, 0.2) is 45.6 Å². The fraction of sp³-hybridized carbons (Fsp3) is 0.346. The van der Waals surface area contributed by atoms with Gasteiger partial charge in [0.2, 0.25) is 5.75 Å². The van der Waals surface area contributed by atoms with Gasteiger partial charge in [0.1, 0.15) is 5.58 Å². The van der Waals surface area contributed by atoms with Gasteiger partial charge in [-0.15, -0.1) is 0 Å². The minimum Gasteiger partial charge on any atom is -0.493 e. The van der Waals surface area contributed by atoms with Gasteiger partial charge in [0.05, 0.1) is 26.5 Å². The van der Waals surface area contributed by atoms with Crippen molar-refractivity contribution in [1.82, 2.24) is 0 Å². The summed E-state index contributed by atoms with van der Waals surface area (Å²) in [6.45, 7) is 1.76. The molecule has 0 radical (unpaired) electrons. The van der Waals surface area contributed by atoms with Crippen molar-refractivity contribution in [1.29, 1.82) is 0 Å². The molecule has 1 heterocycles. The van der Waals surface area contributed by atoms with Crippen LogP contribution in [-0.4, -0.2) is 38.9 Å². The van der Waals surface area contributed by atoms with E-state index < -0.39 is 17.7 Å². The normalized spacial score (nSPS) is 13.3. The standard InChI is InChI=1S/C26H28N2O8/c1-4-34-26(31)36-23-19(32-2)13-15(14-20(23)33-3)24(29)28-22-21(27-16-9-5-6-10-16)17-11-7-8-12-18(17)35-25(22)30/h7-8,11-14,16,27H,4-6,9-10H2,1-3H3,(H,28,29). The van der Waals surface area contributed by atoms with Gasteiger partial charge >= 0.3 is 11.8 Å². The number of nitrogens with one attached hydrogen (secondary N) is 2. The minimum absolute atomic E-state index is 0.00961. The maximum absolute atomic E-state index is 13.3. The van der Waals surface area contributed by atoms with Gasteiger partial charge in [-0.2, -0.15) is 0 Å². The third-order valence-corrected chi connectivity index (χ3v) is 5.93. The van der Waals surface area contributed by atoms with Crippen LogP contribution in [-0.2, 0) is 4.74 Å². The summed E-state index contributed by atoms with van der Waals surface area (Å²) in [5.74, 6) is -0.500. The Bertz CT molecular complexity index is 1300. The van der Waals surface area contributed by atoms with E-state index in [9.17, 15) is 14.4 Å². The predicted octanol–water partition coefficient (Wildman–Crippen LogP) is 4.95. The van der Waals surface area contributed by atoms with Crippen LogP contribution in [0.5, 0.6) is 17.2 Å². The lowest BCUT2D eigenvalue weighted by Crippen LogP contribution is -2.23. The zero-order valence-electron chi connectivity index (χ0n) is 20.3. The average molecular weight is 497 g/mol. The molecule has 0 unspecified atom stereocenters. The molecule has 1 aliphatic carbocycles. The largest absolute Gasteiger partial charge is 0.514 e. The average Bonchev–Trinajstić information content (AvgIpc) is 3.39. The number of fused-ring (bicyclic) bond motifs is 1. The molecule has 0 saturated heterocycles. The molecule has 10 nitrogen and oxygen atoms in total. The number of anilines is 2. The molecule has 36 heavy (non-hydrogen) atoms. The summed E-state index contributed by atoms with van der Waals surface area (Å²) < 4.78 is 26.1. The fourth-order valence-electron chi connectivity index (χ4n) is 4.22. The lowest BCUT2D eigenvalue weighted by Gasteiger charge is -2.19. The molecular formula is C26H28N2O8. The maximum atomic E-state index is 13.3. The van der Waals surface area contributed by atoms with Crippen LogP contribution in [0.3, 0.4) is 0 Å². The first-order valence-electron chi connectivity index (χ1n) is 11.7. The van der Waals surface area contributed by atoms with E-state index in [0.717, 1.165) is 25.7 Å². The van der Waals surface area contributed by atoms with Crippen molar-refractivity contribution < 1.29 is 33.0 Å². The molecule has 1 aromatic heterocycles. The van der Waals surface area contributed by atoms with E-state index in [4.69, 9.17) is 23.4 Å². The molecule has 1 saturated carbocycles. The Hall–Kier alpha value is -4.21. The number of rotatable bonds is 8. The number of carbonyl (C=O) groups is 2. The van der Waals surface area contributed by atoms with E-state index in [-0.39, 0.29) is 41.1 Å². The quantitative estimate of drug-likeness (QED) is 0.253. The Balaban J connectivity index is 1.71. The summed E-state index contributed by atoms with van der Waals surface area (Å²) >= 11 is 0. The Morgan fingerprint density at radius 1 is 1.03 bits per heavy atom. The third-order valence-electron chi connectivity index (χ3n) is 5.93. The van der Waals surface area contributed by atoms with Gasteiger partial charge in [0.25, 0.3) is 5.91 Å². The summed E-state index contributed by atoms with van der Waals surface area (Å²) in [5, 5.41) is 6.82. The van der Waals surface area contributed by atoms with E-state index in [1.807, 2.05) is 12.1 Å². The second kappa shape index (κ2) is 11.0.